The number of hydrogen-bond donors (Lipinski definition) is 1. The monoisotopic (exact) mass is 440 g/mol. The molecule has 2 atom stereocenters. The van der Waals surface area contributed by atoms with Crippen LogP contribution in [0.3, 0.4) is 0 Å². The van der Waals surface area contributed by atoms with Crippen molar-refractivity contribution in [3.63, 3.8) is 0 Å². The molecule has 3 heterocycles. The number of fused-ring (bicyclic) bond motifs is 1. The molecule has 1 fully saturated rings. The summed E-state index contributed by atoms with van der Waals surface area (Å²) < 4.78 is 11.2. The molecule has 0 spiro atoms. The van der Waals surface area contributed by atoms with E-state index in [4.69, 9.17) is 9.47 Å². The lowest BCUT2D eigenvalue weighted by atomic mass is 10.1. The second-order valence-corrected chi connectivity index (χ2v) is 8.91. The molecule has 0 aliphatic carbocycles. The summed E-state index contributed by atoms with van der Waals surface area (Å²) in [5.74, 6) is 1.68. The summed E-state index contributed by atoms with van der Waals surface area (Å²) >= 11 is 1.44. The highest BCUT2D eigenvalue weighted by molar-refractivity contribution is 7.20. The molecule has 4 rings (SSSR count). The van der Waals surface area contributed by atoms with Crippen LogP contribution in [0, 0.1) is 6.92 Å². The first-order valence-corrected chi connectivity index (χ1v) is 11.3. The number of rotatable bonds is 6. The van der Waals surface area contributed by atoms with Crippen molar-refractivity contribution in [1.29, 1.82) is 0 Å². The van der Waals surface area contributed by atoms with Crippen molar-refractivity contribution < 1.29 is 14.3 Å². The van der Waals surface area contributed by atoms with Crippen LogP contribution in [-0.4, -0.2) is 59.7 Å². The number of ether oxygens (including phenoxy) is 2. The third-order valence-electron chi connectivity index (χ3n) is 5.51. The first-order chi connectivity index (χ1) is 15.0. The molecule has 0 saturated carbocycles. The number of hydrogen-bond acceptors (Lipinski definition) is 7. The second kappa shape index (κ2) is 9.20. The van der Waals surface area contributed by atoms with E-state index in [1.165, 1.54) is 11.3 Å². The molecule has 31 heavy (non-hydrogen) atoms. The Morgan fingerprint density at radius 3 is 2.74 bits per heavy atom. The molecule has 0 radical (unpaired) electrons. The molecule has 164 valence electrons. The third-order valence-corrected chi connectivity index (χ3v) is 6.70. The number of aryl methyl sites for hydroxylation is 1. The van der Waals surface area contributed by atoms with E-state index in [0.717, 1.165) is 44.2 Å². The van der Waals surface area contributed by atoms with Gasteiger partial charge >= 0.3 is 0 Å². The first kappa shape index (κ1) is 21.5. The number of amides is 1. The van der Waals surface area contributed by atoms with Gasteiger partial charge in [-0.05, 0) is 44.4 Å². The van der Waals surface area contributed by atoms with Crippen molar-refractivity contribution in [1.82, 2.24) is 14.9 Å². The van der Waals surface area contributed by atoms with Crippen molar-refractivity contribution >= 4 is 33.3 Å². The van der Waals surface area contributed by atoms with E-state index in [1.54, 1.807) is 13.4 Å². The van der Waals surface area contributed by atoms with Crippen molar-refractivity contribution in [2.75, 3.05) is 32.1 Å². The molecular formula is C23H28N4O3S. The number of benzene rings is 1. The van der Waals surface area contributed by atoms with Gasteiger partial charge in [0.05, 0.1) is 29.6 Å². The van der Waals surface area contributed by atoms with E-state index in [1.807, 2.05) is 43.9 Å². The summed E-state index contributed by atoms with van der Waals surface area (Å²) in [4.78, 5) is 25.6. The van der Waals surface area contributed by atoms with Crippen LogP contribution in [0.1, 0.15) is 34.6 Å². The van der Waals surface area contributed by atoms with E-state index >= 15 is 0 Å². The highest BCUT2D eigenvalue weighted by atomic mass is 32.1. The fraction of sp³-hybridized carbons (Fsp3) is 0.435. The van der Waals surface area contributed by atoms with Gasteiger partial charge in [-0.3, -0.25) is 4.79 Å². The van der Waals surface area contributed by atoms with Crippen molar-refractivity contribution in [2.24, 2.45) is 0 Å². The predicted octanol–water partition coefficient (Wildman–Crippen LogP) is 3.91. The standard InChI is InChI=1S/C23H28N4O3S/c1-14-11-27(12-15(2)30-14)23(28)20-16(3)19-21(25-13-26-22(19)31-20)24-10-9-17-7-5-6-8-18(17)29-4/h5-8,13-15H,9-12H2,1-4H3,(H,24,25,26)/t14-,15+. The van der Waals surface area contributed by atoms with Gasteiger partial charge in [-0.2, -0.15) is 0 Å². The van der Waals surface area contributed by atoms with Crippen LogP contribution in [-0.2, 0) is 11.2 Å². The maximum Gasteiger partial charge on any atom is 0.264 e. The zero-order valence-electron chi connectivity index (χ0n) is 18.3. The number of nitrogens with zero attached hydrogens (tertiary/aromatic N) is 3. The number of aromatic nitrogens is 2. The number of nitrogens with one attached hydrogen (secondary N) is 1. The average molecular weight is 441 g/mol. The minimum absolute atomic E-state index is 0.0365. The van der Waals surface area contributed by atoms with Crippen molar-refractivity contribution in [3.05, 3.63) is 46.6 Å². The fourth-order valence-electron chi connectivity index (χ4n) is 4.12. The maximum atomic E-state index is 13.3. The molecule has 1 N–H and O–H groups in total. The molecule has 2 aromatic heterocycles. The van der Waals surface area contributed by atoms with E-state index in [9.17, 15) is 4.79 Å². The molecule has 8 heteroatoms. The Kier molecular flexibility index (Phi) is 6.38. The Morgan fingerprint density at radius 2 is 2.00 bits per heavy atom. The van der Waals surface area contributed by atoms with Gasteiger partial charge in [-0.15, -0.1) is 11.3 Å². The van der Waals surface area contributed by atoms with Gasteiger partial charge in [0.15, 0.2) is 0 Å². The minimum atomic E-state index is 0.0365. The van der Waals surface area contributed by atoms with Crippen molar-refractivity contribution in [2.45, 2.75) is 39.4 Å². The smallest absolute Gasteiger partial charge is 0.264 e. The quantitative estimate of drug-likeness (QED) is 0.626. The fourth-order valence-corrected chi connectivity index (χ4v) is 5.24. The van der Waals surface area contributed by atoms with Gasteiger partial charge in [0, 0.05) is 19.6 Å². The number of morpholine rings is 1. The number of thiophene rings is 1. The molecule has 3 aromatic rings. The summed E-state index contributed by atoms with van der Waals surface area (Å²) in [5, 5.41) is 4.35. The number of para-hydroxylation sites is 1. The van der Waals surface area contributed by atoms with Crippen LogP contribution in [0.2, 0.25) is 0 Å². The normalized spacial score (nSPS) is 18.9. The van der Waals surface area contributed by atoms with Crippen LogP contribution in [0.4, 0.5) is 5.82 Å². The molecule has 7 nitrogen and oxygen atoms in total. The molecule has 1 amide bonds. The lowest BCUT2D eigenvalue weighted by Gasteiger charge is -2.35. The summed E-state index contributed by atoms with van der Waals surface area (Å²) in [7, 11) is 1.68. The summed E-state index contributed by atoms with van der Waals surface area (Å²) in [6.07, 6.45) is 2.42. The molecule has 0 unspecified atom stereocenters. The lowest BCUT2D eigenvalue weighted by Crippen LogP contribution is -2.48. The van der Waals surface area contributed by atoms with Crippen LogP contribution in [0.15, 0.2) is 30.6 Å². The van der Waals surface area contributed by atoms with Crippen molar-refractivity contribution in [3.8, 4) is 5.75 Å². The van der Waals surface area contributed by atoms with E-state index < -0.39 is 0 Å². The number of carbonyl (C=O) groups excluding carboxylic acids is 1. The van der Waals surface area contributed by atoms with E-state index in [-0.39, 0.29) is 18.1 Å². The van der Waals surface area contributed by atoms with Gasteiger partial charge in [-0.1, -0.05) is 18.2 Å². The number of anilines is 1. The summed E-state index contributed by atoms with van der Waals surface area (Å²) in [6, 6.07) is 8.00. The largest absolute Gasteiger partial charge is 0.496 e. The number of methoxy groups -OCH3 is 1. The molecule has 1 aliphatic rings. The SMILES string of the molecule is COc1ccccc1CCNc1ncnc2sc(C(=O)N3C[C@@H](C)O[C@@H](C)C3)c(C)c12. The molecule has 1 aliphatic heterocycles. The minimum Gasteiger partial charge on any atom is -0.496 e. The van der Waals surface area contributed by atoms with Gasteiger partial charge in [0.2, 0.25) is 0 Å². The van der Waals surface area contributed by atoms with Gasteiger partial charge in [0.25, 0.3) is 5.91 Å². The van der Waals surface area contributed by atoms with E-state index in [0.29, 0.717) is 19.6 Å². The lowest BCUT2D eigenvalue weighted by molar-refractivity contribution is -0.0585. The maximum absolute atomic E-state index is 13.3. The van der Waals surface area contributed by atoms with Crippen LogP contribution >= 0.6 is 11.3 Å². The third kappa shape index (κ3) is 4.50. The Labute approximate surface area is 186 Å². The Morgan fingerprint density at radius 1 is 1.26 bits per heavy atom. The topological polar surface area (TPSA) is 76.6 Å². The first-order valence-electron chi connectivity index (χ1n) is 10.5. The highest BCUT2D eigenvalue weighted by Gasteiger charge is 2.29. The molecule has 1 saturated heterocycles. The Hall–Kier alpha value is -2.71. The Bertz CT molecular complexity index is 1070. The van der Waals surface area contributed by atoms with E-state index in [2.05, 4.69) is 21.4 Å². The number of carbonyl (C=O) groups is 1. The Balaban J connectivity index is 1.54. The van der Waals surface area contributed by atoms with Gasteiger partial charge < -0.3 is 19.7 Å². The molecule has 0 bridgehead atoms. The molecular weight excluding hydrogens is 412 g/mol. The van der Waals surface area contributed by atoms with Crippen LogP contribution < -0.4 is 10.1 Å². The summed E-state index contributed by atoms with van der Waals surface area (Å²) in [5.41, 5.74) is 2.06. The second-order valence-electron chi connectivity index (χ2n) is 7.91. The summed E-state index contributed by atoms with van der Waals surface area (Å²) in [6.45, 7) is 7.89. The molecule has 1 aromatic carbocycles. The zero-order chi connectivity index (χ0) is 22.0. The highest BCUT2D eigenvalue weighted by Crippen LogP contribution is 2.34. The van der Waals surface area contributed by atoms with Crippen LogP contribution in [0.25, 0.3) is 10.2 Å². The zero-order valence-corrected chi connectivity index (χ0v) is 19.2. The van der Waals surface area contributed by atoms with Gasteiger partial charge in [-0.25, -0.2) is 9.97 Å². The van der Waals surface area contributed by atoms with Gasteiger partial charge in [0.1, 0.15) is 22.7 Å². The van der Waals surface area contributed by atoms with Crippen LogP contribution in [0.5, 0.6) is 5.75 Å². The average Bonchev–Trinajstić information content (AvgIpc) is 3.10. The predicted molar refractivity (Wildman–Crippen MR) is 123 cm³/mol.